The van der Waals surface area contributed by atoms with Crippen molar-refractivity contribution < 1.29 is 0 Å². The number of hydrogen-bond acceptors (Lipinski definition) is 6. The number of rotatable bonds is 3. The summed E-state index contributed by atoms with van der Waals surface area (Å²) >= 11 is 7.26. The topological polar surface area (TPSA) is 25.8 Å². The summed E-state index contributed by atoms with van der Waals surface area (Å²) in [6.07, 6.45) is 0. The molecule has 0 N–H and O–H groups in total. The van der Waals surface area contributed by atoms with Gasteiger partial charge in [-0.1, -0.05) is 0 Å². The molecule has 0 aliphatic heterocycles. The molecule has 134 valence electrons. The average Bonchev–Trinajstić information content (AvgIpc) is 3.27. The minimum Gasteiger partial charge on any atom is -0.240 e. The van der Waals surface area contributed by atoms with Crippen LogP contribution in [0.25, 0.3) is 29.5 Å². The van der Waals surface area contributed by atoms with Crippen LogP contribution < -0.4 is 0 Å². The Morgan fingerprint density at radius 1 is 0.538 bits per heavy atom. The largest absolute Gasteiger partial charge is 0.240 e. The van der Waals surface area contributed by atoms with Gasteiger partial charge in [0.05, 0.1) is 30.9 Å². The van der Waals surface area contributed by atoms with Crippen molar-refractivity contribution in [2.75, 3.05) is 0 Å². The smallest absolute Gasteiger partial charge is 0.134 e. The Hall–Kier alpha value is -1.34. The lowest BCUT2D eigenvalue weighted by Crippen LogP contribution is -1.79. The van der Waals surface area contributed by atoms with Crippen LogP contribution in [0, 0.1) is 41.5 Å². The van der Waals surface area contributed by atoms with Crippen molar-refractivity contribution in [2.24, 2.45) is 0 Å². The number of nitrogens with zero attached hydrogens (tertiary/aromatic N) is 2. The van der Waals surface area contributed by atoms with E-state index in [-0.39, 0.29) is 0 Å². The van der Waals surface area contributed by atoms with E-state index in [9.17, 15) is 0 Å². The van der Waals surface area contributed by atoms with Crippen LogP contribution in [0.3, 0.4) is 0 Å². The maximum absolute atomic E-state index is 4.89. The third-order valence-electron chi connectivity index (χ3n) is 4.27. The molecule has 0 aliphatic carbocycles. The minimum atomic E-state index is 1.10. The van der Waals surface area contributed by atoms with E-state index in [0.29, 0.717) is 0 Å². The highest BCUT2D eigenvalue weighted by Gasteiger charge is 2.20. The summed E-state index contributed by atoms with van der Waals surface area (Å²) in [5, 5.41) is 2.26. The number of thiazole rings is 2. The quantitative estimate of drug-likeness (QED) is 0.344. The van der Waals surface area contributed by atoms with Crippen LogP contribution in [-0.4, -0.2) is 9.97 Å². The molecule has 0 aromatic carbocycles. The van der Waals surface area contributed by atoms with Gasteiger partial charge >= 0.3 is 0 Å². The van der Waals surface area contributed by atoms with E-state index in [0.717, 1.165) is 21.4 Å². The molecule has 4 aromatic heterocycles. The lowest BCUT2D eigenvalue weighted by Gasteiger charge is -1.94. The van der Waals surface area contributed by atoms with E-state index >= 15 is 0 Å². The fraction of sp³-hybridized carbons (Fsp3) is 0.300. The highest BCUT2D eigenvalue weighted by Crippen LogP contribution is 2.45. The average molecular weight is 417 g/mol. The maximum Gasteiger partial charge on any atom is 0.134 e. The molecular formula is C20H20N2S4. The molecule has 4 rings (SSSR count). The summed E-state index contributed by atoms with van der Waals surface area (Å²) < 4.78 is 0. The first kappa shape index (κ1) is 18.0. The molecule has 0 atom stereocenters. The fourth-order valence-corrected chi connectivity index (χ4v) is 7.81. The Balaban J connectivity index is 1.79. The van der Waals surface area contributed by atoms with Crippen LogP contribution in [0.1, 0.15) is 32.3 Å². The number of aromatic nitrogens is 2. The number of hydrogen-bond donors (Lipinski definition) is 0. The first-order valence-electron chi connectivity index (χ1n) is 8.43. The van der Waals surface area contributed by atoms with Gasteiger partial charge in [-0.3, -0.25) is 0 Å². The van der Waals surface area contributed by atoms with Crippen LogP contribution in [0.15, 0.2) is 12.1 Å². The molecule has 0 bridgehead atoms. The zero-order chi connectivity index (χ0) is 18.6. The summed E-state index contributed by atoms with van der Waals surface area (Å²) in [5.41, 5.74) is 4.85. The molecule has 4 aromatic rings. The van der Waals surface area contributed by atoms with Gasteiger partial charge in [0.1, 0.15) is 10.0 Å². The Morgan fingerprint density at radius 3 is 1.23 bits per heavy atom. The molecule has 4 heterocycles. The third-order valence-corrected chi connectivity index (χ3v) is 9.36. The first-order valence-corrected chi connectivity index (χ1v) is 11.7. The Bertz CT molecular complexity index is 1020. The van der Waals surface area contributed by atoms with Crippen LogP contribution in [-0.2, 0) is 0 Å². The van der Waals surface area contributed by atoms with Crippen LogP contribution in [0.4, 0.5) is 0 Å². The summed E-state index contributed by atoms with van der Waals surface area (Å²) in [6, 6.07) is 4.49. The van der Waals surface area contributed by atoms with E-state index in [2.05, 4.69) is 53.7 Å². The molecule has 0 saturated carbocycles. The summed E-state index contributed by atoms with van der Waals surface area (Å²) in [7, 11) is 0. The van der Waals surface area contributed by atoms with Crippen LogP contribution >= 0.6 is 45.3 Å². The third kappa shape index (κ3) is 3.09. The molecule has 0 radical (unpaired) electrons. The van der Waals surface area contributed by atoms with Crippen LogP contribution in [0.2, 0.25) is 0 Å². The molecule has 6 heteroatoms. The van der Waals surface area contributed by atoms with Gasteiger partial charge in [-0.05, 0) is 64.8 Å². The van der Waals surface area contributed by atoms with E-state index in [4.69, 9.17) is 9.97 Å². The van der Waals surface area contributed by atoms with Crippen molar-refractivity contribution in [2.45, 2.75) is 41.5 Å². The van der Waals surface area contributed by atoms with Crippen molar-refractivity contribution in [3.8, 4) is 29.5 Å². The van der Waals surface area contributed by atoms with Gasteiger partial charge in [0.2, 0.25) is 0 Å². The molecule has 0 spiro atoms. The lowest BCUT2D eigenvalue weighted by atomic mass is 10.2. The highest BCUT2D eigenvalue weighted by molar-refractivity contribution is 7.28. The molecule has 2 nitrogen and oxygen atoms in total. The van der Waals surface area contributed by atoms with Crippen molar-refractivity contribution in [1.82, 2.24) is 9.97 Å². The van der Waals surface area contributed by atoms with Crippen molar-refractivity contribution in [3.05, 3.63) is 44.4 Å². The molecule has 0 fully saturated rings. The van der Waals surface area contributed by atoms with Gasteiger partial charge in [-0.25, -0.2) is 9.97 Å². The fourth-order valence-electron chi connectivity index (χ4n) is 3.12. The van der Waals surface area contributed by atoms with Gasteiger partial charge in [0.25, 0.3) is 0 Å². The van der Waals surface area contributed by atoms with E-state index < -0.39 is 0 Å². The normalized spacial score (nSPS) is 11.5. The van der Waals surface area contributed by atoms with Crippen LogP contribution in [0.5, 0.6) is 0 Å². The summed E-state index contributed by atoms with van der Waals surface area (Å²) in [4.78, 5) is 17.6. The predicted molar refractivity (Wildman–Crippen MR) is 118 cm³/mol. The zero-order valence-electron chi connectivity index (χ0n) is 15.7. The zero-order valence-corrected chi connectivity index (χ0v) is 18.9. The second-order valence-corrected chi connectivity index (χ2v) is 11.1. The van der Waals surface area contributed by atoms with Gasteiger partial charge < -0.3 is 0 Å². The second kappa shape index (κ2) is 6.68. The molecule has 26 heavy (non-hydrogen) atoms. The van der Waals surface area contributed by atoms with Gasteiger partial charge in [-0.15, -0.1) is 45.3 Å². The molecule has 0 saturated heterocycles. The van der Waals surface area contributed by atoms with Crippen molar-refractivity contribution >= 4 is 45.3 Å². The van der Waals surface area contributed by atoms with Gasteiger partial charge in [0.15, 0.2) is 0 Å². The predicted octanol–water partition coefficient (Wildman–Crippen LogP) is 7.57. The standard InChI is InChI=1S/C20H20N2S4/c1-9-7-11(3)23-15(9)19-21-13(5)17(25-19)18-14(6)22-20(26-18)16-10(2)8-12(4)24-16/h7-8H,1-6H3. The first-order chi connectivity index (χ1) is 12.3. The second-order valence-electron chi connectivity index (χ2n) is 6.61. The van der Waals surface area contributed by atoms with E-state index in [1.54, 1.807) is 22.7 Å². The Labute approximate surface area is 170 Å². The number of aryl methyl sites for hydroxylation is 6. The summed E-state index contributed by atoms with van der Waals surface area (Å²) in [6.45, 7) is 12.9. The van der Waals surface area contributed by atoms with Crippen molar-refractivity contribution in [1.29, 1.82) is 0 Å². The Morgan fingerprint density at radius 2 is 0.923 bits per heavy atom. The van der Waals surface area contributed by atoms with E-state index in [1.165, 1.54) is 40.4 Å². The molecular weight excluding hydrogens is 397 g/mol. The molecule has 0 amide bonds. The Kier molecular flexibility index (Phi) is 4.63. The lowest BCUT2D eigenvalue weighted by molar-refractivity contribution is 1.25. The SMILES string of the molecule is Cc1cc(C)c(-c2nc(C)c(-c3sc(-c4sc(C)cc4C)nc3C)s2)s1. The monoisotopic (exact) mass is 416 g/mol. The van der Waals surface area contributed by atoms with Gasteiger partial charge in [0, 0.05) is 9.75 Å². The highest BCUT2D eigenvalue weighted by atomic mass is 32.1. The number of thiophene rings is 2. The van der Waals surface area contributed by atoms with Gasteiger partial charge in [-0.2, -0.15) is 0 Å². The van der Waals surface area contributed by atoms with Crippen molar-refractivity contribution in [3.63, 3.8) is 0 Å². The molecule has 0 unspecified atom stereocenters. The maximum atomic E-state index is 4.89. The minimum absolute atomic E-state index is 1.10. The van der Waals surface area contributed by atoms with E-state index in [1.807, 2.05) is 22.7 Å². The molecule has 0 aliphatic rings. The summed E-state index contributed by atoms with van der Waals surface area (Å²) in [5.74, 6) is 0.